The molecule has 2 aromatic carbocycles. The third-order valence-electron chi connectivity index (χ3n) is 3.03. The molecule has 0 bridgehead atoms. The molecular formula is C15H16BrFN2OS. The molecule has 0 aliphatic rings. The Balaban J connectivity index is 2.11. The van der Waals surface area contributed by atoms with E-state index in [1.807, 2.05) is 24.3 Å². The van der Waals surface area contributed by atoms with E-state index in [0.29, 0.717) is 17.1 Å². The molecule has 0 fully saturated rings. The molecule has 0 spiro atoms. The lowest BCUT2D eigenvalue weighted by atomic mass is 10.1. The maximum atomic E-state index is 14.1. The van der Waals surface area contributed by atoms with Crippen LogP contribution >= 0.6 is 27.7 Å². The number of ether oxygens (including phenoxy) is 1. The molecule has 0 heterocycles. The lowest BCUT2D eigenvalue weighted by Crippen LogP contribution is -2.30. The van der Waals surface area contributed by atoms with Crippen LogP contribution in [0.3, 0.4) is 0 Å². The normalized spacial score (nSPS) is 12.2. The lowest BCUT2D eigenvalue weighted by molar-refractivity contribution is 0.409. The summed E-state index contributed by atoms with van der Waals surface area (Å²) in [6.45, 7) is 0. The number of benzene rings is 2. The first kappa shape index (κ1) is 16.3. The summed E-state index contributed by atoms with van der Waals surface area (Å²) in [7, 11) is 1.51. The predicted molar refractivity (Wildman–Crippen MR) is 87.9 cm³/mol. The van der Waals surface area contributed by atoms with Crippen molar-refractivity contribution in [2.24, 2.45) is 5.84 Å². The molecule has 0 aromatic heterocycles. The smallest absolute Gasteiger partial charge is 0.131 e. The molecule has 2 rings (SSSR count). The Labute approximate surface area is 136 Å². The van der Waals surface area contributed by atoms with Gasteiger partial charge in [0.2, 0.25) is 0 Å². The Morgan fingerprint density at radius 3 is 2.71 bits per heavy atom. The lowest BCUT2D eigenvalue weighted by Gasteiger charge is -2.17. The van der Waals surface area contributed by atoms with E-state index in [0.717, 1.165) is 9.37 Å². The van der Waals surface area contributed by atoms with Gasteiger partial charge in [-0.3, -0.25) is 11.3 Å². The molecule has 3 N–H and O–H groups in total. The van der Waals surface area contributed by atoms with E-state index in [1.54, 1.807) is 23.9 Å². The van der Waals surface area contributed by atoms with Crippen LogP contribution in [0.25, 0.3) is 0 Å². The summed E-state index contributed by atoms with van der Waals surface area (Å²) in [6, 6.07) is 12.4. The Morgan fingerprint density at radius 2 is 2.10 bits per heavy atom. The fourth-order valence-electron chi connectivity index (χ4n) is 1.88. The fourth-order valence-corrected chi connectivity index (χ4v) is 3.51. The highest BCUT2D eigenvalue weighted by molar-refractivity contribution is 9.10. The molecule has 112 valence electrons. The zero-order valence-electron chi connectivity index (χ0n) is 11.5. The summed E-state index contributed by atoms with van der Waals surface area (Å²) in [4.78, 5) is 1.09. The first-order valence-corrected chi connectivity index (χ1v) is 8.10. The van der Waals surface area contributed by atoms with Gasteiger partial charge in [-0.2, -0.15) is 0 Å². The summed E-state index contributed by atoms with van der Waals surface area (Å²) in [5.41, 5.74) is 3.20. The van der Waals surface area contributed by atoms with Crippen molar-refractivity contribution >= 4 is 27.7 Å². The van der Waals surface area contributed by atoms with Crippen LogP contribution in [0.5, 0.6) is 5.75 Å². The van der Waals surface area contributed by atoms with Gasteiger partial charge < -0.3 is 4.74 Å². The highest BCUT2D eigenvalue weighted by Crippen LogP contribution is 2.31. The zero-order chi connectivity index (χ0) is 15.2. The Kier molecular flexibility index (Phi) is 6.05. The van der Waals surface area contributed by atoms with Crippen LogP contribution in [0.1, 0.15) is 11.6 Å². The molecule has 3 nitrogen and oxygen atoms in total. The minimum atomic E-state index is -0.329. The van der Waals surface area contributed by atoms with Crippen LogP contribution in [0.15, 0.2) is 51.8 Å². The van der Waals surface area contributed by atoms with E-state index < -0.39 is 0 Å². The number of methoxy groups -OCH3 is 1. The first-order valence-electron chi connectivity index (χ1n) is 6.32. The quantitative estimate of drug-likeness (QED) is 0.460. The van der Waals surface area contributed by atoms with E-state index in [2.05, 4.69) is 21.4 Å². The average molecular weight is 371 g/mol. The Morgan fingerprint density at radius 1 is 1.33 bits per heavy atom. The minimum Gasteiger partial charge on any atom is -0.497 e. The number of hydrogen-bond donors (Lipinski definition) is 2. The molecule has 6 heteroatoms. The molecule has 1 unspecified atom stereocenters. The van der Waals surface area contributed by atoms with Gasteiger partial charge in [0.25, 0.3) is 0 Å². The van der Waals surface area contributed by atoms with Gasteiger partial charge in [0.15, 0.2) is 0 Å². The summed E-state index contributed by atoms with van der Waals surface area (Å²) >= 11 is 5.10. The van der Waals surface area contributed by atoms with Crippen molar-refractivity contribution in [1.29, 1.82) is 0 Å². The van der Waals surface area contributed by atoms with Gasteiger partial charge in [-0.25, -0.2) is 4.39 Å². The van der Waals surface area contributed by atoms with Crippen molar-refractivity contribution in [2.45, 2.75) is 10.9 Å². The molecule has 0 amide bonds. The van der Waals surface area contributed by atoms with E-state index in [-0.39, 0.29) is 11.9 Å². The van der Waals surface area contributed by atoms with Gasteiger partial charge in [0, 0.05) is 26.8 Å². The van der Waals surface area contributed by atoms with Gasteiger partial charge in [-0.05, 0) is 34.1 Å². The Hall–Kier alpha value is -1.08. The maximum absolute atomic E-state index is 14.1. The van der Waals surface area contributed by atoms with Crippen molar-refractivity contribution in [3.63, 3.8) is 0 Å². The van der Waals surface area contributed by atoms with Gasteiger partial charge >= 0.3 is 0 Å². The molecule has 2 aromatic rings. The summed E-state index contributed by atoms with van der Waals surface area (Å²) in [6.07, 6.45) is 0. The molecule has 21 heavy (non-hydrogen) atoms. The van der Waals surface area contributed by atoms with Crippen molar-refractivity contribution in [3.8, 4) is 5.75 Å². The van der Waals surface area contributed by atoms with Crippen LogP contribution in [0.4, 0.5) is 4.39 Å². The van der Waals surface area contributed by atoms with Crippen molar-refractivity contribution < 1.29 is 9.13 Å². The van der Waals surface area contributed by atoms with Gasteiger partial charge in [-0.15, -0.1) is 11.8 Å². The third-order valence-corrected chi connectivity index (χ3v) is 5.15. The highest BCUT2D eigenvalue weighted by Gasteiger charge is 2.16. The van der Waals surface area contributed by atoms with Crippen molar-refractivity contribution in [1.82, 2.24) is 5.43 Å². The second kappa shape index (κ2) is 7.79. The zero-order valence-corrected chi connectivity index (χ0v) is 13.9. The number of nitrogens with two attached hydrogens (primary N) is 1. The number of thioether (sulfide) groups is 1. The van der Waals surface area contributed by atoms with Crippen molar-refractivity contribution in [2.75, 3.05) is 12.9 Å². The van der Waals surface area contributed by atoms with Crippen LogP contribution < -0.4 is 16.0 Å². The van der Waals surface area contributed by atoms with Gasteiger partial charge in [0.1, 0.15) is 11.6 Å². The monoisotopic (exact) mass is 370 g/mol. The van der Waals surface area contributed by atoms with Crippen molar-refractivity contribution in [3.05, 3.63) is 58.3 Å². The number of rotatable bonds is 6. The van der Waals surface area contributed by atoms with Crippen LogP contribution in [-0.2, 0) is 0 Å². The van der Waals surface area contributed by atoms with E-state index in [9.17, 15) is 4.39 Å². The number of hydrogen-bond acceptors (Lipinski definition) is 4. The second-order valence-electron chi connectivity index (χ2n) is 4.35. The minimum absolute atomic E-state index is 0.284. The summed E-state index contributed by atoms with van der Waals surface area (Å²) < 4.78 is 20.1. The van der Waals surface area contributed by atoms with E-state index >= 15 is 0 Å². The predicted octanol–water partition coefficient (Wildman–Crippen LogP) is 3.89. The summed E-state index contributed by atoms with van der Waals surface area (Å²) in [5, 5.41) is 0. The molecular weight excluding hydrogens is 355 g/mol. The maximum Gasteiger partial charge on any atom is 0.131 e. The molecule has 0 saturated carbocycles. The van der Waals surface area contributed by atoms with Gasteiger partial charge in [-0.1, -0.05) is 18.2 Å². The first-order chi connectivity index (χ1) is 10.2. The standard InChI is InChI=1S/C15H16BrFN2OS/c1-20-10-6-7-11(13(17)8-10)14(19-18)9-21-15-5-3-2-4-12(15)16/h2-8,14,19H,9,18H2,1H3. The van der Waals surface area contributed by atoms with Crippen LogP contribution in [0.2, 0.25) is 0 Å². The molecule has 0 aliphatic carbocycles. The van der Waals surface area contributed by atoms with Crippen LogP contribution in [0, 0.1) is 5.82 Å². The number of hydrazine groups is 1. The molecule has 1 atom stereocenters. The van der Waals surface area contributed by atoms with Gasteiger partial charge in [0.05, 0.1) is 13.2 Å². The SMILES string of the molecule is COc1ccc(C(CSc2ccccc2Br)NN)c(F)c1. The highest BCUT2D eigenvalue weighted by atomic mass is 79.9. The number of nitrogens with one attached hydrogen (secondary N) is 1. The topological polar surface area (TPSA) is 47.3 Å². The number of halogens is 2. The molecule has 0 aliphatic heterocycles. The average Bonchev–Trinajstić information content (AvgIpc) is 2.50. The molecule has 0 radical (unpaired) electrons. The molecule has 0 saturated heterocycles. The largest absolute Gasteiger partial charge is 0.497 e. The van der Waals surface area contributed by atoms with E-state index in [1.165, 1.54) is 13.2 Å². The van der Waals surface area contributed by atoms with E-state index in [4.69, 9.17) is 10.6 Å². The second-order valence-corrected chi connectivity index (χ2v) is 6.26. The summed E-state index contributed by atoms with van der Waals surface area (Å²) in [5.74, 6) is 6.35. The fraction of sp³-hybridized carbons (Fsp3) is 0.200. The third kappa shape index (κ3) is 4.20. The van der Waals surface area contributed by atoms with Crippen LogP contribution in [-0.4, -0.2) is 12.9 Å². The Bertz CT molecular complexity index is 612.